The van der Waals surface area contributed by atoms with E-state index in [9.17, 15) is 4.79 Å². The van der Waals surface area contributed by atoms with Gasteiger partial charge in [0.1, 0.15) is 0 Å². The Morgan fingerprint density at radius 3 is 2.78 bits per heavy atom. The number of thioether (sulfide) groups is 1. The molecule has 0 saturated heterocycles. The van der Waals surface area contributed by atoms with Crippen LogP contribution in [0.3, 0.4) is 0 Å². The number of nitrogens with one attached hydrogen (secondary N) is 1. The van der Waals surface area contributed by atoms with Crippen LogP contribution in [0.1, 0.15) is 34.1 Å². The molecule has 0 unspecified atom stereocenters. The van der Waals surface area contributed by atoms with Crippen LogP contribution in [0.15, 0.2) is 28.0 Å². The Morgan fingerprint density at radius 2 is 2.17 bits per heavy atom. The molecule has 126 valence electrons. The monoisotopic (exact) mass is 336 g/mol. The molecular weight excluding hydrogens is 312 g/mol. The summed E-state index contributed by atoms with van der Waals surface area (Å²) in [6.45, 7) is 9.09. The highest BCUT2D eigenvalue weighted by atomic mass is 32.2. The quantitative estimate of drug-likeness (QED) is 0.749. The van der Waals surface area contributed by atoms with Crippen LogP contribution in [0.5, 0.6) is 0 Å². The molecule has 0 aliphatic carbocycles. The Bertz CT molecular complexity index is 622. The number of amides is 1. The third kappa shape index (κ3) is 4.86. The molecule has 1 atom stereocenters. The third-order valence-corrected chi connectivity index (χ3v) is 4.33. The Kier molecular flexibility index (Phi) is 6.27. The summed E-state index contributed by atoms with van der Waals surface area (Å²) < 4.78 is 7.45. The average Bonchev–Trinajstić information content (AvgIpc) is 3.14. The van der Waals surface area contributed by atoms with Crippen molar-refractivity contribution in [2.24, 2.45) is 5.92 Å². The van der Waals surface area contributed by atoms with Gasteiger partial charge in [-0.25, -0.2) is 0 Å². The maximum absolute atomic E-state index is 11.9. The molecule has 0 fully saturated rings. The van der Waals surface area contributed by atoms with E-state index >= 15 is 0 Å². The summed E-state index contributed by atoms with van der Waals surface area (Å²) in [7, 11) is 0. The van der Waals surface area contributed by atoms with Gasteiger partial charge >= 0.3 is 0 Å². The first-order chi connectivity index (χ1) is 11.0. The molecule has 0 saturated carbocycles. The van der Waals surface area contributed by atoms with E-state index in [1.165, 1.54) is 11.8 Å². The minimum atomic E-state index is 0.0167. The zero-order valence-corrected chi connectivity index (χ0v) is 14.9. The van der Waals surface area contributed by atoms with Gasteiger partial charge in [-0.3, -0.25) is 9.36 Å². The molecule has 0 aromatic carbocycles. The molecule has 1 amide bonds. The van der Waals surface area contributed by atoms with Crippen LogP contribution < -0.4 is 5.32 Å². The van der Waals surface area contributed by atoms with Gasteiger partial charge in [0, 0.05) is 12.6 Å². The zero-order chi connectivity index (χ0) is 16.8. The first-order valence-electron chi connectivity index (χ1n) is 7.90. The lowest BCUT2D eigenvalue weighted by molar-refractivity contribution is -0.119. The van der Waals surface area contributed by atoms with Crippen LogP contribution in [0, 0.1) is 5.92 Å². The van der Waals surface area contributed by atoms with Crippen molar-refractivity contribution in [3.63, 3.8) is 0 Å². The van der Waals surface area contributed by atoms with Gasteiger partial charge in [0.25, 0.3) is 0 Å². The van der Waals surface area contributed by atoms with E-state index < -0.39 is 0 Å². The topological polar surface area (TPSA) is 73.0 Å². The molecule has 2 aromatic heterocycles. The summed E-state index contributed by atoms with van der Waals surface area (Å²) in [6.07, 6.45) is 2.54. The molecule has 6 nitrogen and oxygen atoms in total. The maximum Gasteiger partial charge on any atom is 0.230 e. The summed E-state index contributed by atoms with van der Waals surface area (Å²) in [4.78, 5) is 11.9. The van der Waals surface area contributed by atoms with E-state index in [1.54, 1.807) is 6.26 Å². The van der Waals surface area contributed by atoms with Crippen LogP contribution >= 0.6 is 11.8 Å². The molecule has 1 N–H and O–H groups in total. The summed E-state index contributed by atoms with van der Waals surface area (Å²) in [5.74, 6) is 2.18. The molecule has 0 radical (unpaired) electrons. The SMILES string of the molecule is CC[C@H](C)NC(=O)CSc1nnc(-c2ccco2)n1CC(C)C. The highest BCUT2D eigenvalue weighted by Gasteiger charge is 2.18. The second-order valence-electron chi connectivity index (χ2n) is 5.95. The van der Waals surface area contributed by atoms with Crippen LogP contribution in [-0.4, -0.2) is 32.5 Å². The fourth-order valence-electron chi connectivity index (χ4n) is 2.06. The summed E-state index contributed by atoms with van der Waals surface area (Å²) in [6, 6.07) is 3.89. The molecule has 0 aliphatic rings. The number of carbonyl (C=O) groups excluding carboxylic acids is 1. The van der Waals surface area contributed by atoms with Crippen LogP contribution in [-0.2, 0) is 11.3 Å². The van der Waals surface area contributed by atoms with E-state index in [1.807, 2.05) is 30.5 Å². The highest BCUT2D eigenvalue weighted by Crippen LogP contribution is 2.25. The first kappa shape index (κ1) is 17.6. The summed E-state index contributed by atoms with van der Waals surface area (Å²) >= 11 is 1.40. The van der Waals surface area contributed by atoms with E-state index in [2.05, 4.69) is 29.4 Å². The Hall–Kier alpha value is -1.76. The van der Waals surface area contributed by atoms with Gasteiger partial charge in [-0.15, -0.1) is 10.2 Å². The maximum atomic E-state index is 11.9. The molecule has 7 heteroatoms. The van der Waals surface area contributed by atoms with Gasteiger partial charge in [-0.05, 0) is 31.4 Å². The van der Waals surface area contributed by atoms with Crippen molar-refractivity contribution in [3.05, 3.63) is 18.4 Å². The molecule has 0 aliphatic heterocycles. The number of rotatable bonds is 8. The van der Waals surface area contributed by atoms with Gasteiger partial charge in [0.05, 0.1) is 12.0 Å². The second-order valence-corrected chi connectivity index (χ2v) is 6.90. The van der Waals surface area contributed by atoms with E-state index in [4.69, 9.17) is 4.42 Å². The zero-order valence-electron chi connectivity index (χ0n) is 14.1. The fraction of sp³-hybridized carbons (Fsp3) is 0.562. The molecule has 2 aromatic rings. The van der Waals surface area contributed by atoms with E-state index in [-0.39, 0.29) is 11.9 Å². The Balaban J connectivity index is 2.11. The highest BCUT2D eigenvalue weighted by molar-refractivity contribution is 7.99. The minimum Gasteiger partial charge on any atom is -0.461 e. The van der Waals surface area contributed by atoms with Crippen molar-refractivity contribution in [1.82, 2.24) is 20.1 Å². The third-order valence-electron chi connectivity index (χ3n) is 3.36. The van der Waals surface area contributed by atoms with Gasteiger partial charge in [0.2, 0.25) is 5.91 Å². The summed E-state index contributed by atoms with van der Waals surface area (Å²) in [5.41, 5.74) is 0. The lowest BCUT2D eigenvalue weighted by atomic mass is 10.2. The standard InChI is InChI=1S/C16H24N4O2S/c1-5-12(4)17-14(21)10-23-16-19-18-15(13-7-6-8-22-13)20(16)9-11(2)3/h6-8,11-12H,5,9-10H2,1-4H3,(H,17,21)/t12-/m0/s1. The number of carbonyl (C=O) groups is 1. The molecule has 23 heavy (non-hydrogen) atoms. The van der Waals surface area contributed by atoms with Gasteiger partial charge in [-0.1, -0.05) is 32.5 Å². The van der Waals surface area contributed by atoms with E-state index in [0.29, 0.717) is 23.3 Å². The van der Waals surface area contributed by atoms with Crippen molar-refractivity contribution >= 4 is 17.7 Å². The predicted molar refractivity (Wildman–Crippen MR) is 91.2 cm³/mol. The number of nitrogens with zero attached hydrogens (tertiary/aromatic N) is 3. The van der Waals surface area contributed by atoms with E-state index in [0.717, 1.165) is 18.1 Å². The fourth-order valence-corrected chi connectivity index (χ4v) is 2.82. The molecule has 2 heterocycles. The van der Waals surface area contributed by atoms with Gasteiger partial charge in [0.15, 0.2) is 16.7 Å². The molecule has 0 spiro atoms. The van der Waals surface area contributed by atoms with Gasteiger partial charge in [-0.2, -0.15) is 0 Å². The minimum absolute atomic E-state index is 0.0167. The Morgan fingerprint density at radius 1 is 1.39 bits per heavy atom. The number of hydrogen-bond donors (Lipinski definition) is 1. The number of aromatic nitrogens is 3. The second kappa shape index (κ2) is 8.19. The van der Waals surface area contributed by atoms with Crippen LogP contribution in [0.2, 0.25) is 0 Å². The summed E-state index contributed by atoms with van der Waals surface area (Å²) in [5, 5.41) is 12.2. The lowest BCUT2D eigenvalue weighted by Crippen LogP contribution is -2.33. The Labute approximate surface area is 141 Å². The van der Waals surface area contributed by atoms with Crippen molar-refractivity contribution in [2.45, 2.75) is 51.9 Å². The smallest absolute Gasteiger partial charge is 0.230 e. The van der Waals surface area contributed by atoms with Gasteiger partial charge < -0.3 is 9.73 Å². The number of hydrogen-bond acceptors (Lipinski definition) is 5. The van der Waals surface area contributed by atoms with Crippen molar-refractivity contribution < 1.29 is 9.21 Å². The van der Waals surface area contributed by atoms with Crippen molar-refractivity contribution in [3.8, 4) is 11.6 Å². The number of furan rings is 1. The molecule has 0 bridgehead atoms. The normalized spacial score (nSPS) is 12.6. The first-order valence-corrected chi connectivity index (χ1v) is 8.89. The lowest BCUT2D eigenvalue weighted by Gasteiger charge is -2.13. The largest absolute Gasteiger partial charge is 0.461 e. The average molecular weight is 336 g/mol. The molecule has 2 rings (SSSR count). The van der Waals surface area contributed by atoms with Crippen molar-refractivity contribution in [2.75, 3.05) is 5.75 Å². The molecular formula is C16H24N4O2S. The van der Waals surface area contributed by atoms with Crippen LogP contribution in [0.4, 0.5) is 0 Å². The van der Waals surface area contributed by atoms with Crippen molar-refractivity contribution in [1.29, 1.82) is 0 Å². The predicted octanol–water partition coefficient (Wildman–Crippen LogP) is 3.20. The van der Waals surface area contributed by atoms with Crippen LogP contribution in [0.25, 0.3) is 11.6 Å².